The molecule has 1 fully saturated rings. The Kier molecular flexibility index (Phi) is 7.63. The summed E-state index contributed by atoms with van der Waals surface area (Å²) in [6.45, 7) is -0.230. The van der Waals surface area contributed by atoms with E-state index in [-0.39, 0.29) is 25.0 Å². The van der Waals surface area contributed by atoms with Gasteiger partial charge >= 0.3 is 35.6 Å². The van der Waals surface area contributed by atoms with E-state index in [2.05, 4.69) is 0 Å². The summed E-state index contributed by atoms with van der Waals surface area (Å²) in [7, 11) is 0. The Morgan fingerprint density at radius 2 is 1.21 bits per heavy atom. The van der Waals surface area contributed by atoms with Crippen LogP contribution in [-0.4, -0.2) is 51.8 Å². The Labute approximate surface area is 194 Å². The van der Waals surface area contributed by atoms with Crippen molar-refractivity contribution in [2.45, 2.75) is 64.9 Å². The molecule has 1 atom stereocenters. The minimum Gasteiger partial charge on any atom is -0.462 e. The molecule has 2 nitrogen and oxygen atoms in total. The molecule has 0 radical (unpaired) electrons. The molecule has 1 aliphatic rings. The largest absolute Gasteiger partial charge is 0.462 e. The normalized spacial score (nSPS) is 24.6. The summed E-state index contributed by atoms with van der Waals surface area (Å²) in [4.78, 5) is 11.7. The van der Waals surface area contributed by atoms with Crippen LogP contribution >= 0.6 is 22.6 Å². The quantitative estimate of drug-likeness (QED) is 0.103. The van der Waals surface area contributed by atoms with Crippen molar-refractivity contribution in [2.75, 3.05) is 6.61 Å². The van der Waals surface area contributed by atoms with Crippen LogP contribution in [0.2, 0.25) is 0 Å². The van der Waals surface area contributed by atoms with Gasteiger partial charge in [-0.2, -0.15) is 43.9 Å². The fourth-order valence-electron chi connectivity index (χ4n) is 3.24. The van der Waals surface area contributed by atoms with Gasteiger partial charge in [-0.25, -0.2) is 9.18 Å². The number of alkyl halides is 12. The molecule has 1 saturated carbocycles. The Bertz CT molecular complexity index is 815. The van der Waals surface area contributed by atoms with E-state index in [4.69, 9.17) is 4.74 Å². The summed E-state index contributed by atoms with van der Waals surface area (Å²) in [5.74, 6) is -35.7. The lowest BCUT2D eigenvalue weighted by molar-refractivity contribution is -0.485. The Morgan fingerprint density at radius 1 is 0.758 bits per heavy atom. The molecule has 14 heteroatoms. The van der Waals surface area contributed by atoms with Crippen LogP contribution in [0.4, 0.5) is 48.3 Å². The second-order valence-corrected chi connectivity index (χ2v) is 9.23. The van der Waals surface area contributed by atoms with Crippen LogP contribution in [0.3, 0.4) is 0 Å². The van der Waals surface area contributed by atoms with Crippen molar-refractivity contribution in [3.05, 3.63) is 35.9 Å². The van der Waals surface area contributed by atoms with Gasteiger partial charge < -0.3 is 4.74 Å². The van der Waals surface area contributed by atoms with Crippen molar-refractivity contribution < 1.29 is 57.8 Å². The highest BCUT2D eigenvalue weighted by Crippen LogP contribution is 2.70. The highest BCUT2D eigenvalue weighted by Gasteiger charge is 3.00. The molecule has 0 N–H and O–H groups in total. The molecular formula is C19H16F11IO2. The van der Waals surface area contributed by atoms with Crippen LogP contribution in [-0.2, 0) is 4.74 Å². The highest BCUT2D eigenvalue weighted by molar-refractivity contribution is 14.1. The molecule has 0 aromatic heterocycles. The van der Waals surface area contributed by atoms with Crippen LogP contribution in [0.15, 0.2) is 30.3 Å². The first-order valence-corrected chi connectivity index (χ1v) is 10.6. The van der Waals surface area contributed by atoms with E-state index in [9.17, 15) is 53.1 Å². The number of hydrogen-bond donors (Lipinski definition) is 0. The van der Waals surface area contributed by atoms with Gasteiger partial charge in [0.05, 0.1) is 12.2 Å². The lowest BCUT2D eigenvalue weighted by Gasteiger charge is -2.53. The molecule has 1 aliphatic carbocycles. The third-order valence-electron chi connectivity index (χ3n) is 5.23. The number of halogens is 12. The first-order valence-electron chi connectivity index (χ1n) is 9.32. The number of unbranched alkanes of at least 4 members (excludes halogenated alkanes) is 1. The van der Waals surface area contributed by atoms with Crippen molar-refractivity contribution in [2.24, 2.45) is 0 Å². The standard InChI is InChI=1S/C19H16F11IO2/c20-14(15(21,22)17(25,26)19(29,30)18(27,28)16(14,23)24)10-12(31)8-4-5-9-33-13(32)11-6-2-1-3-7-11/h1-3,6-7,12H,4-5,8-10H2. The number of benzene rings is 1. The zero-order chi connectivity index (χ0) is 25.5. The molecule has 0 amide bonds. The molecule has 0 saturated heterocycles. The van der Waals surface area contributed by atoms with Crippen molar-refractivity contribution in [3.63, 3.8) is 0 Å². The summed E-state index contributed by atoms with van der Waals surface area (Å²) >= 11 is 1.10. The summed E-state index contributed by atoms with van der Waals surface area (Å²) in [6, 6.07) is 7.65. The number of esters is 1. The van der Waals surface area contributed by atoms with E-state index in [0.717, 1.165) is 22.6 Å². The smallest absolute Gasteiger partial charge is 0.384 e. The molecule has 0 heterocycles. The molecule has 0 spiro atoms. The van der Waals surface area contributed by atoms with Gasteiger partial charge in [-0.3, -0.25) is 0 Å². The SMILES string of the molecule is O=C(OCCCCC(I)CC1(F)C(F)(F)C(F)(F)C(F)(F)C(F)(F)C1(F)F)c1ccccc1. The van der Waals surface area contributed by atoms with E-state index < -0.39 is 58.0 Å². The van der Waals surface area contributed by atoms with Crippen molar-refractivity contribution in [1.82, 2.24) is 0 Å². The maximum atomic E-state index is 14.7. The fraction of sp³-hybridized carbons (Fsp3) is 0.632. The minimum atomic E-state index is -7.20. The number of hydrogen-bond acceptors (Lipinski definition) is 2. The minimum absolute atomic E-state index is 0.00847. The monoisotopic (exact) mass is 612 g/mol. The van der Waals surface area contributed by atoms with Gasteiger partial charge in [0.2, 0.25) is 0 Å². The van der Waals surface area contributed by atoms with Gasteiger partial charge in [0.1, 0.15) is 0 Å². The Morgan fingerprint density at radius 3 is 1.70 bits per heavy atom. The first-order chi connectivity index (χ1) is 14.9. The lowest BCUT2D eigenvalue weighted by Crippen LogP contribution is -2.83. The lowest BCUT2D eigenvalue weighted by atomic mass is 9.70. The molecule has 33 heavy (non-hydrogen) atoms. The second-order valence-electron chi connectivity index (χ2n) is 7.47. The van der Waals surface area contributed by atoms with Crippen LogP contribution in [0.1, 0.15) is 36.0 Å². The Balaban J connectivity index is 2.04. The van der Waals surface area contributed by atoms with E-state index in [0.29, 0.717) is 0 Å². The molecule has 1 aromatic rings. The van der Waals surface area contributed by atoms with Gasteiger partial charge in [-0.1, -0.05) is 40.8 Å². The van der Waals surface area contributed by atoms with Gasteiger partial charge in [-0.05, 0) is 31.4 Å². The topological polar surface area (TPSA) is 26.3 Å². The van der Waals surface area contributed by atoms with Gasteiger partial charge in [0.15, 0.2) is 0 Å². The van der Waals surface area contributed by atoms with Gasteiger partial charge in [0, 0.05) is 10.3 Å². The zero-order valence-corrected chi connectivity index (χ0v) is 18.5. The summed E-state index contributed by atoms with van der Waals surface area (Å²) in [6.07, 6.45) is -2.76. The van der Waals surface area contributed by atoms with Crippen molar-refractivity contribution in [3.8, 4) is 0 Å². The van der Waals surface area contributed by atoms with Crippen LogP contribution in [0.25, 0.3) is 0 Å². The predicted molar refractivity (Wildman–Crippen MR) is 102 cm³/mol. The maximum Gasteiger partial charge on any atom is 0.384 e. The van der Waals surface area contributed by atoms with Crippen LogP contribution in [0, 0.1) is 0 Å². The molecule has 0 aliphatic heterocycles. The van der Waals surface area contributed by atoms with Crippen molar-refractivity contribution >= 4 is 28.6 Å². The molecule has 1 unspecified atom stereocenters. The summed E-state index contributed by atoms with van der Waals surface area (Å²) in [5, 5.41) is 0. The van der Waals surface area contributed by atoms with E-state index in [1.807, 2.05) is 0 Å². The predicted octanol–water partition coefficient (Wildman–Crippen LogP) is 7.11. The first kappa shape index (κ1) is 27.9. The van der Waals surface area contributed by atoms with Gasteiger partial charge in [0.25, 0.3) is 5.67 Å². The van der Waals surface area contributed by atoms with Gasteiger partial charge in [-0.15, -0.1) is 0 Å². The maximum absolute atomic E-state index is 14.7. The molecule has 188 valence electrons. The van der Waals surface area contributed by atoms with E-state index in [1.54, 1.807) is 18.2 Å². The highest BCUT2D eigenvalue weighted by atomic mass is 127. The summed E-state index contributed by atoms with van der Waals surface area (Å²) < 4.78 is 154. The molecule has 0 bridgehead atoms. The summed E-state index contributed by atoms with van der Waals surface area (Å²) in [5.41, 5.74) is -5.75. The molecule has 2 rings (SSSR count). The third kappa shape index (κ3) is 4.17. The molecule has 1 aromatic carbocycles. The van der Waals surface area contributed by atoms with E-state index >= 15 is 0 Å². The number of rotatable bonds is 8. The van der Waals surface area contributed by atoms with Crippen LogP contribution in [0.5, 0.6) is 0 Å². The fourth-order valence-corrected chi connectivity index (χ4v) is 4.29. The Hall–Kier alpha value is -1.35. The zero-order valence-electron chi connectivity index (χ0n) is 16.4. The average molecular weight is 612 g/mol. The number of carbonyl (C=O) groups is 1. The van der Waals surface area contributed by atoms with E-state index in [1.165, 1.54) is 12.1 Å². The second kappa shape index (κ2) is 9.02. The van der Waals surface area contributed by atoms with Crippen LogP contribution < -0.4 is 0 Å². The third-order valence-corrected chi connectivity index (χ3v) is 6.29. The van der Waals surface area contributed by atoms with Crippen molar-refractivity contribution in [1.29, 1.82) is 0 Å². The number of carbonyl (C=O) groups excluding carboxylic acids is 1. The average Bonchev–Trinajstić information content (AvgIpc) is 2.72. The number of ether oxygens (including phenoxy) is 1. The molecular weight excluding hydrogens is 596 g/mol.